The number of anilines is 1. The number of urea groups is 1. The topological polar surface area (TPSA) is 59.6 Å². The Kier molecular flexibility index (Phi) is 6.85. The van der Waals surface area contributed by atoms with Crippen molar-refractivity contribution < 1.29 is 27.4 Å². The number of carbonyl (C=O) groups is 1. The summed E-state index contributed by atoms with van der Waals surface area (Å²) in [4.78, 5) is 11.8. The van der Waals surface area contributed by atoms with Gasteiger partial charge in [-0.3, -0.25) is 0 Å². The van der Waals surface area contributed by atoms with E-state index < -0.39 is 17.8 Å². The molecule has 0 saturated heterocycles. The number of halogens is 3. The van der Waals surface area contributed by atoms with Crippen LogP contribution < -0.4 is 15.4 Å². The predicted octanol–water partition coefficient (Wildman–Crippen LogP) is 4.05. The molecule has 5 nitrogen and oxygen atoms in total. The quantitative estimate of drug-likeness (QED) is 0.725. The predicted molar refractivity (Wildman–Crippen MR) is 91.1 cm³/mol. The molecule has 2 amide bonds. The Morgan fingerprint density at radius 1 is 1.00 bits per heavy atom. The van der Waals surface area contributed by atoms with Gasteiger partial charge >= 0.3 is 12.2 Å². The van der Waals surface area contributed by atoms with Gasteiger partial charge in [0.25, 0.3) is 0 Å². The van der Waals surface area contributed by atoms with Crippen LogP contribution >= 0.6 is 0 Å². The molecule has 2 N–H and O–H groups in total. The van der Waals surface area contributed by atoms with Crippen molar-refractivity contribution in [3.63, 3.8) is 0 Å². The highest BCUT2D eigenvalue weighted by molar-refractivity contribution is 5.89. The van der Waals surface area contributed by atoms with Gasteiger partial charge in [0.1, 0.15) is 12.4 Å². The average Bonchev–Trinajstić information content (AvgIpc) is 2.61. The number of carbonyl (C=O) groups excluding carboxylic acids is 1. The third-order valence-electron chi connectivity index (χ3n) is 3.40. The highest BCUT2D eigenvalue weighted by atomic mass is 19.4. The van der Waals surface area contributed by atoms with Crippen LogP contribution in [0.4, 0.5) is 23.7 Å². The van der Waals surface area contributed by atoms with Crippen LogP contribution in [0.5, 0.6) is 5.75 Å². The third-order valence-corrected chi connectivity index (χ3v) is 3.40. The minimum Gasteiger partial charge on any atom is -0.491 e. The van der Waals surface area contributed by atoms with Gasteiger partial charge in [-0.1, -0.05) is 12.1 Å². The second kappa shape index (κ2) is 9.10. The van der Waals surface area contributed by atoms with Gasteiger partial charge in [-0.15, -0.1) is 0 Å². The van der Waals surface area contributed by atoms with Crippen molar-refractivity contribution in [2.75, 3.05) is 25.6 Å². The number of amides is 2. The molecule has 0 fully saturated rings. The molecule has 0 radical (unpaired) electrons. The number of hydrogen-bond acceptors (Lipinski definition) is 3. The van der Waals surface area contributed by atoms with Gasteiger partial charge in [0.05, 0.1) is 12.2 Å². The SMILES string of the molecule is COCCOc1ccc(CNC(=O)Nc2ccc(C(F)(F)F)cc2)cc1. The molecule has 0 aliphatic rings. The molecule has 2 rings (SSSR count). The lowest BCUT2D eigenvalue weighted by Gasteiger charge is -2.10. The minimum absolute atomic E-state index is 0.269. The van der Waals surface area contributed by atoms with E-state index in [4.69, 9.17) is 9.47 Å². The smallest absolute Gasteiger partial charge is 0.416 e. The first-order chi connectivity index (χ1) is 12.4. The zero-order valence-electron chi connectivity index (χ0n) is 14.1. The Labute approximate surface area is 149 Å². The molecule has 26 heavy (non-hydrogen) atoms. The molecule has 2 aromatic carbocycles. The van der Waals surface area contributed by atoms with Gasteiger partial charge in [-0.2, -0.15) is 13.2 Å². The fourth-order valence-corrected chi connectivity index (χ4v) is 2.05. The van der Waals surface area contributed by atoms with Crippen molar-refractivity contribution in [3.05, 3.63) is 59.7 Å². The van der Waals surface area contributed by atoms with Crippen molar-refractivity contribution in [1.82, 2.24) is 5.32 Å². The van der Waals surface area contributed by atoms with Gasteiger partial charge in [-0.05, 0) is 42.0 Å². The number of alkyl halides is 3. The number of hydrogen-bond donors (Lipinski definition) is 2. The maximum Gasteiger partial charge on any atom is 0.416 e. The normalized spacial score (nSPS) is 11.1. The van der Waals surface area contributed by atoms with E-state index in [1.807, 2.05) is 0 Å². The fraction of sp³-hybridized carbons (Fsp3) is 0.278. The zero-order valence-corrected chi connectivity index (χ0v) is 14.1. The Hall–Kier alpha value is -2.74. The van der Waals surface area contributed by atoms with Crippen LogP contribution in [0.1, 0.15) is 11.1 Å². The molecular weight excluding hydrogens is 349 g/mol. The van der Waals surface area contributed by atoms with Crippen molar-refractivity contribution >= 4 is 11.7 Å². The lowest BCUT2D eigenvalue weighted by Crippen LogP contribution is -2.28. The fourth-order valence-electron chi connectivity index (χ4n) is 2.05. The van der Waals surface area contributed by atoms with Crippen LogP contribution in [0.2, 0.25) is 0 Å². The van der Waals surface area contributed by atoms with E-state index >= 15 is 0 Å². The molecule has 2 aromatic rings. The average molecular weight is 368 g/mol. The molecule has 0 spiro atoms. The van der Waals surface area contributed by atoms with Crippen LogP contribution in [0.15, 0.2) is 48.5 Å². The van der Waals surface area contributed by atoms with E-state index in [1.165, 1.54) is 12.1 Å². The van der Waals surface area contributed by atoms with Crippen molar-refractivity contribution in [2.24, 2.45) is 0 Å². The number of methoxy groups -OCH3 is 1. The maximum absolute atomic E-state index is 12.5. The summed E-state index contributed by atoms with van der Waals surface area (Å²) in [6.45, 7) is 1.21. The lowest BCUT2D eigenvalue weighted by atomic mass is 10.2. The van der Waals surface area contributed by atoms with Crippen molar-refractivity contribution in [1.29, 1.82) is 0 Å². The van der Waals surface area contributed by atoms with E-state index in [2.05, 4.69) is 10.6 Å². The zero-order chi connectivity index (χ0) is 19.0. The standard InChI is InChI=1S/C18H19F3N2O3/c1-25-10-11-26-16-8-2-13(3-9-16)12-22-17(24)23-15-6-4-14(5-7-15)18(19,20)21/h2-9H,10-12H2,1H3,(H2,22,23,24). The number of nitrogens with one attached hydrogen (secondary N) is 2. The molecule has 0 aromatic heterocycles. The summed E-state index contributed by atoms with van der Waals surface area (Å²) >= 11 is 0. The molecule has 0 aliphatic carbocycles. The second-order valence-electron chi connectivity index (χ2n) is 5.37. The number of benzene rings is 2. The van der Waals surface area contributed by atoms with Crippen LogP contribution in [-0.2, 0) is 17.5 Å². The van der Waals surface area contributed by atoms with E-state index in [-0.39, 0.29) is 12.2 Å². The van der Waals surface area contributed by atoms with Gasteiger partial charge in [0.2, 0.25) is 0 Å². The number of ether oxygens (including phenoxy) is 2. The lowest BCUT2D eigenvalue weighted by molar-refractivity contribution is -0.137. The summed E-state index contributed by atoms with van der Waals surface area (Å²) in [5.74, 6) is 0.694. The highest BCUT2D eigenvalue weighted by Crippen LogP contribution is 2.29. The summed E-state index contributed by atoms with van der Waals surface area (Å²) in [7, 11) is 1.59. The minimum atomic E-state index is -4.40. The molecule has 0 saturated carbocycles. The molecule has 0 heterocycles. The van der Waals surface area contributed by atoms with E-state index in [0.717, 1.165) is 17.7 Å². The molecule has 0 atom stereocenters. The Balaban J connectivity index is 1.79. The van der Waals surface area contributed by atoms with Gasteiger partial charge in [0, 0.05) is 19.3 Å². The van der Waals surface area contributed by atoms with E-state index in [1.54, 1.807) is 31.4 Å². The first-order valence-electron chi connectivity index (χ1n) is 7.81. The molecule has 0 unspecified atom stereocenters. The summed E-state index contributed by atoms with van der Waals surface area (Å²) in [5, 5.41) is 5.11. The second-order valence-corrected chi connectivity index (χ2v) is 5.37. The molecule has 0 bridgehead atoms. The summed E-state index contributed by atoms with van der Waals surface area (Å²) in [5.41, 5.74) is 0.361. The third kappa shape index (κ3) is 6.29. The van der Waals surface area contributed by atoms with Gasteiger partial charge < -0.3 is 20.1 Å². The first kappa shape index (κ1) is 19.6. The summed E-state index contributed by atoms with van der Waals surface area (Å²) < 4.78 is 47.8. The van der Waals surface area contributed by atoms with Crippen LogP contribution in [0.3, 0.4) is 0 Å². The van der Waals surface area contributed by atoms with Crippen molar-refractivity contribution in [2.45, 2.75) is 12.7 Å². The van der Waals surface area contributed by atoms with E-state index in [9.17, 15) is 18.0 Å². The maximum atomic E-state index is 12.5. The number of rotatable bonds is 7. The van der Waals surface area contributed by atoms with Gasteiger partial charge in [0.15, 0.2) is 0 Å². The molecule has 140 valence electrons. The van der Waals surface area contributed by atoms with Crippen LogP contribution in [0.25, 0.3) is 0 Å². The largest absolute Gasteiger partial charge is 0.491 e. The molecule has 0 aliphatic heterocycles. The summed E-state index contributed by atoms with van der Waals surface area (Å²) in [6, 6.07) is 10.9. The monoisotopic (exact) mass is 368 g/mol. The Morgan fingerprint density at radius 2 is 1.65 bits per heavy atom. The highest BCUT2D eigenvalue weighted by Gasteiger charge is 2.29. The molecule has 8 heteroatoms. The summed E-state index contributed by atoms with van der Waals surface area (Å²) in [6.07, 6.45) is -4.40. The van der Waals surface area contributed by atoms with Crippen molar-refractivity contribution in [3.8, 4) is 5.75 Å². The van der Waals surface area contributed by atoms with Crippen LogP contribution in [0, 0.1) is 0 Å². The molecular formula is C18H19F3N2O3. The Morgan fingerprint density at radius 3 is 2.23 bits per heavy atom. The van der Waals surface area contributed by atoms with E-state index in [0.29, 0.717) is 19.0 Å². The Bertz CT molecular complexity index is 701. The van der Waals surface area contributed by atoms with Crippen LogP contribution in [-0.4, -0.2) is 26.4 Å². The first-order valence-corrected chi connectivity index (χ1v) is 7.81. The van der Waals surface area contributed by atoms with Gasteiger partial charge in [-0.25, -0.2) is 4.79 Å².